The molecule has 0 aromatic heterocycles. The number of amides is 1. The Morgan fingerprint density at radius 2 is 1.63 bits per heavy atom. The molecule has 0 heterocycles. The van der Waals surface area contributed by atoms with E-state index in [1.165, 1.54) is 21.1 Å². The van der Waals surface area contributed by atoms with Crippen molar-refractivity contribution in [3.05, 3.63) is 48.0 Å². The van der Waals surface area contributed by atoms with E-state index in [2.05, 4.69) is 5.32 Å². The molecule has 0 unspecified atom stereocenters. The van der Waals surface area contributed by atoms with Gasteiger partial charge in [0, 0.05) is 18.1 Å². The molecule has 8 heteroatoms. The van der Waals surface area contributed by atoms with E-state index in [1.54, 1.807) is 42.5 Å². The summed E-state index contributed by atoms with van der Waals surface area (Å²) in [5.41, 5.74) is 1.03. The third-order valence-corrected chi connectivity index (χ3v) is 4.10. The zero-order valence-corrected chi connectivity index (χ0v) is 17.2. The van der Waals surface area contributed by atoms with Gasteiger partial charge in [0.15, 0.2) is 12.4 Å². The van der Waals surface area contributed by atoms with Gasteiger partial charge in [-0.2, -0.15) is 0 Å². The maximum Gasteiger partial charge on any atom is 0.306 e. The second kappa shape index (κ2) is 11.5. The average molecular weight is 415 g/mol. The number of ether oxygens (including phenoxy) is 4. The lowest BCUT2D eigenvalue weighted by molar-refractivity contribution is -0.147. The highest BCUT2D eigenvalue weighted by Gasteiger charge is 2.12. The van der Waals surface area contributed by atoms with Crippen LogP contribution in [0, 0.1) is 0 Å². The number of carbonyl (C=O) groups excluding carboxylic acids is 3. The lowest BCUT2D eigenvalue weighted by Gasteiger charge is -2.12. The number of ketones is 1. The summed E-state index contributed by atoms with van der Waals surface area (Å²) in [6.45, 7) is 1.39. The van der Waals surface area contributed by atoms with E-state index in [0.717, 1.165) is 0 Å². The Morgan fingerprint density at radius 3 is 2.27 bits per heavy atom. The SMILES string of the molecule is COc1ccc(OC)c(NC(=O)COC(=O)CCCOc2ccc(C(C)=O)cc2)c1. The van der Waals surface area contributed by atoms with Crippen LogP contribution in [-0.4, -0.2) is 45.1 Å². The first-order valence-electron chi connectivity index (χ1n) is 9.34. The summed E-state index contributed by atoms with van der Waals surface area (Å²) in [5, 5.41) is 2.62. The molecule has 0 aliphatic rings. The quantitative estimate of drug-likeness (QED) is 0.342. The van der Waals surface area contributed by atoms with E-state index in [4.69, 9.17) is 18.9 Å². The maximum atomic E-state index is 12.0. The molecule has 0 radical (unpaired) electrons. The Bertz CT molecular complexity index is 878. The molecule has 2 aromatic rings. The molecule has 0 spiro atoms. The van der Waals surface area contributed by atoms with Crippen molar-refractivity contribution in [1.29, 1.82) is 0 Å². The predicted molar refractivity (Wildman–Crippen MR) is 110 cm³/mol. The van der Waals surface area contributed by atoms with Gasteiger partial charge < -0.3 is 24.3 Å². The zero-order chi connectivity index (χ0) is 21.9. The van der Waals surface area contributed by atoms with Crippen LogP contribution < -0.4 is 19.5 Å². The van der Waals surface area contributed by atoms with E-state index in [1.807, 2.05) is 0 Å². The number of anilines is 1. The third-order valence-electron chi connectivity index (χ3n) is 4.10. The number of nitrogens with one attached hydrogen (secondary N) is 1. The molecular formula is C22H25NO7. The molecule has 2 rings (SSSR count). The van der Waals surface area contributed by atoms with Crippen molar-refractivity contribution < 1.29 is 33.3 Å². The van der Waals surface area contributed by atoms with Crippen LogP contribution in [0.15, 0.2) is 42.5 Å². The van der Waals surface area contributed by atoms with Gasteiger partial charge in [0.1, 0.15) is 17.2 Å². The van der Waals surface area contributed by atoms with Crippen LogP contribution in [0.2, 0.25) is 0 Å². The third kappa shape index (κ3) is 7.12. The topological polar surface area (TPSA) is 100 Å². The number of benzene rings is 2. The fraction of sp³-hybridized carbons (Fsp3) is 0.318. The number of hydrogen-bond donors (Lipinski definition) is 1. The zero-order valence-electron chi connectivity index (χ0n) is 17.2. The molecule has 0 saturated carbocycles. The standard InChI is InChI=1S/C22H25NO7/c1-15(24)16-6-8-17(9-7-16)29-12-4-5-22(26)30-14-21(25)23-19-13-18(27-2)10-11-20(19)28-3/h6-11,13H,4-5,12,14H2,1-3H3,(H,23,25). The number of hydrogen-bond acceptors (Lipinski definition) is 7. The van der Waals surface area contributed by atoms with Crippen molar-refractivity contribution in [2.75, 3.05) is 32.8 Å². The van der Waals surface area contributed by atoms with Crippen molar-refractivity contribution >= 4 is 23.3 Å². The predicted octanol–water partition coefficient (Wildman–Crippen LogP) is 3.25. The summed E-state index contributed by atoms with van der Waals surface area (Å²) in [4.78, 5) is 35.1. The van der Waals surface area contributed by atoms with Crippen LogP contribution in [0.1, 0.15) is 30.1 Å². The highest BCUT2D eigenvalue weighted by atomic mass is 16.5. The minimum atomic E-state index is -0.502. The van der Waals surface area contributed by atoms with Crippen LogP contribution >= 0.6 is 0 Å². The molecule has 8 nitrogen and oxygen atoms in total. The van der Waals surface area contributed by atoms with E-state index < -0.39 is 18.5 Å². The highest BCUT2D eigenvalue weighted by molar-refractivity contribution is 5.94. The van der Waals surface area contributed by atoms with Crippen LogP contribution in [-0.2, 0) is 14.3 Å². The van der Waals surface area contributed by atoms with Crippen molar-refractivity contribution in [2.24, 2.45) is 0 Å². The number of carbonyl (C=O) groups is 3. The normalized spacial score (nSPS) is 10.1. The van der Waals surface area contributed by atoms with Crippen LogP contribution in [0.4, 0.5) is 5.69 Å². The summed E-state index contributed by atoms with van der Waals surface area (Å²) >= 11 is 0. The van der Waals surface area contributed by atoms with Gasteiger partial charge in [0.05, 0.1) is 26.5 Å². The summed E-state index contributed by atoms with van der Waals surface area (Å²) < 4.78 is 20.8. The molecule has 1 amide bonds. The van der Waals surface area contributed by atoms with Crippen molar-refractivity contribution in [2.45, 2.75) is 19.8 Å². The number of esters is 1. The second-order valence-electron chi connectivity index (χ2n) is 6.31. The number of methoxy groups -OCH3 is 2. The fourth-order valence-electron chi connectivity index (χ4n) is 2.51. The van der Waals surface area contributed by atoms with E-state index in [9.17, 15) is 14.4 Å². The Balaban J connectivity index is 1.69. The summed E-state index contributed by atoms with van der Waals surface area (Å²) in [6, 6.07) is 11.7. The molecule has 0 bridgehead atoms. The van der Waals surface area contributed by atoms with Crippen molar-refractivity contribution in [1.82, 2.24) is 0 Å². The van der Waals surface area contributed by atoms with Gasteiger partial charge in [-0.25, -0.2) is 0 Å². The Kier molecular flexibility index (Phi) is 8.68. The molecule has 0 aliphatic heterocycles. The van der Waals surface area contributed by atoms with Gasteiger partial charge in [0.25, 0.3) is 5.91 Å². The molecule has 1 N–H and O–H groups in total. The molecule has 160 valence electrons. The average Bonchev–Trinajstić information content (AvgIpc) is 2.75. The fourth-order valence-corrected chi connectivity index (χ4v) is 2.51. The largest absolute Gasteiger partial charge is 0.497 e. The van der Waals surface area contributed by atoms with Gasteiger partial charge in [-0.05, 0) is 49.7 Å². The van der Waals surface area contributed by atoms with Gasteiger partial charge in [-0.3, -0.25) is 14.4 Å². The summed E-state index contributed by atoms with van der Waals surface area (Å²) in [6.07, 6.45) is 0.542. The number of Topliss-reactive ketones (excluding diaryl/α,β-unsaturated/α-hetero) is 1. The minimum Gasteiger partial charge on any atom is -0.497 e. The summed E-state index contributed by atoms with van der Waals surface area (Å²) in [5.74, 6) is 0.621. The molecular weight excluding hydrogens is 390 g/mol. The smallest absolute Gasteiger partial charge is 0.306 e. The lowest BCUT2D eigenvalue weighted by Crippen LogP contribution is -2.21. The van der Waals surface area contributed by atoms with Crippen LogP contribution in [0.3, 0.4) is 0 Å². The van der Waals surface area contributed by atoms with Gasteiger partial charge >= 0.3 is 5.97 Å². The van der Waals surface area contributed by atoms with Gasteiger partial charge in [-0.15, -0.1) is 0 Å². The minimum absolute atomic E-state index is 0.0156. The summed E-state index contributed by atoms with van der Waals surface area (Å²) in [7, 11) is 3.00. The van der Waals surface area contributed by atoms with Gasteiger partial charge in [-0.1, -0.05) is 0 Å². The first kappa shape index (κ1) is 22.7. The maximum absolute atomic E-state index is 12.0. The molecule has 2 aromatic carbocycles. The number of rotatable bonds is 11. The van der Waals surface area contributed by atoms with Gasteiger partial charge in [0.2, 0.25) is 0 Å². The van der Waals surface area contributed by atoms with E-state index in [0.29, 0.717) is 41.5 Å². The molecule has 0 fully saturated rings. The molecule has 0 saturated heterocycles. The highest BCUT2D eigenvalue weighted by Crippen LogP contribution is 2.28. The molecule has 0 aliphatic carbocycles. The van der Waals surface area contributed by atoms with Crippen molar-refractivity contribution in [3.63, 3.8) is 0 Å². The Hall–Kier alpha value is -3.55. The molecule has 30 heavy (non-hydrogen) atoms. The van der Waals surface area contributed by atoms with E-state index in [-0.39, 0.29) is 12.2 Å². The monoisotopic (exact) mass is 415 g/mol. The first-order valence-corrected chi connectivity index (χ1v) is 9.34. The first-order chi connectivity index (χ1) is 14.4. The van der Waals surface area contributed by atoms with Crippen molar-refractivity contribution in [3.8, 4) is 17.2 Å². The second-order valence-corrected chi connectivity index (χ2v) is 6.31. The van der Waals surface area contributed by atoms with Crippen LogP contribution in [0.5, 0.6) is 17.2 Å². The lowest BCUT2D eigenvalue weighted by atomic mass is 10.1. The Morgan fingerprint density at radius 1 is 0.933 bits per heavy atom. The van der Waals surface area contributed by atoms with Crippen LogP contribution in [0.25, 0.3) is 0 Å². The van der Waals surface area contributed by atoms with E-state index >= 15 is 0 Å². The Labute approximate surface area is 175 Å². The molecule has 0 atom stereocenters.